The Kier molecular flexibility index (Phi) is 12.2. The first kappa shape index (κ1) is 26.5. The van der Waals surface area contributed by atoms with Crippen LogP contribution in [0, 0.1) is 5.92 Å². The van der Waals surface area contributed by atoms with E-state index in [0.717, 1.165) is 0 Å². The molecule has 0 aliphatic heterocycles. The van der Waals surface area contributed by atoms with Crippen molar-refractivity contribution in [1.29, 1.82) is 0 Å². The molecule has 6 atom stereocenters. The summed E-state index contributed by atoms with van der Waals surface area (Å²) in [5.41, 5.74) is 5.84. The topological polar surface area (TPSA) is 171 Å². The molecule has 28 heavy (non-hydrogen) atoms. The Morgan fingerprint density at radius 2 is 1.36 bits per heavy atom. The Labute approximate surface area is 175 Å². The van der Waals surface area contributed by atoms with Gasteiger partial charge in [-0.05, 0) is 12.8 Å². The minimum absolute atomic E-state index is 0.0445. The fraction of sp³-hybridized carbons (Fsp3) is 0.750. The highest BCUT2D eigenvalue weighted by atomic mass is 32.1. The average molecular weight is 439 g/mol. The van der Waals surface area contributed by atoms with E-state index in [4.69, 9.17) is 10.8 Å². The van der Waals surface area contributed by atoms with Crippen molar-refractivity contribution < 1.29 is 29.4 Å². The minimum Gasteiger partial charge on any atom is -0.480 e. The Morgan fingerprint density at radius 1 is 0.929 bits per heavy atom. The molecule has 0 heterocycles. The van der Waals surface area contributed by atoms with E-state index in [1.807, 2.05) is 13.8 Å². The third kappa shape index (κ3) is 8.25. The molecule has 10 nitrogen and oxygen atoms in total. The number of carboxylic acid groups (broad SMARTS) is 1. The van der Waals surface area contributed by atoms with Crippen LogP contribution in [0.25, 0.3) is 0 Å². The van der Waals surface area contributed by atoms with Gasteiger partial charge in [-0.15, -0.1) is 0 Å². The standard InChI is InChI=1S/C16H30N4O6S2/c1-4-7(2)11(17)15(24)19-9(5-27)13(22)18-10(6-28)14(23)20-12(8(3)21)16(25)26/h7-12,21,27-28H,4-6,17H2,1-3H3,(H,18,22)(H,19,24)(H,20,23)(H,25,26). The lowest BCUT2D eigenvalue weighted by molar-refractivity contribution is -0.145. The summed E-state index contributed by atoms with van der Waals surface area (Å²) in [5, 5.41) is 25.5. The first-order chi connectivity index (χ1) is 13.0. The summed E-state index contributed by atoms with van der Waals surface area (Å²) in [6, 6.07) is -4.57. The number of nitrogens with two attached hydrogens (primary N) is 1. The quantitative estimate of drug-likeness (QED) is 0.165. The van der Waals surface area contributed by atoms with Crippen molar-refractivity contribution in [2.75, 3.05) is 11.5 Å². The molecule has 0 saturated heterocycles. The maximum atomic E-state index is 12.4. The van der Waals surface area contributed by atoms with E-state index in [-0.39, 0.29) is 17.4 Å². The highest BCUT2D eigenvalue weighted by molar-refractivity contribution is 7.80. The molecule has 0 aliphatic rings. The van der Waals surface area contributed by atoms with Crippen molar-refractivity contribution >= 4 is 48.9 Å². The molecule has 0 aromatic rings. The van der Waals surface area contributed by atoms with E-state index in [1.165, 1.54) is 6.92 Å². The number of amides is 3. The summed E-state index contributed by atoms with van der Waals surface area (Å²) < 4.78 is 0. The van der Waals surface area contributed by atoms with Gasteiger partial charge in [0.1, 0.15) is 12.1 Å². The monoisotopic (exact) mass is 438 g/mol. The van der Waals surface area contributed by atoms with Crippen molar-refractivity contribution in [2.45, 2.75) is 57.5 Å². The van der Waals surface area contributed by atoms with Gasteiger partial charge in [-0.25, -0.2) is 4.79 Å². The van der Waals surface area contributed by atoms with Gasteiger partial charge in [0.2, 0.25) is 17.7 Å². The summed E-state index contributed by atoms with van der Waals surface area (Å²) in [6.07, 6.45) is -0.661. The van der Waals surface area contributed by atoms with Gasteiger partial charge in [-0.3, -0.25) is 14.4 Å². The van der Waals surface area contributed by atoms with Crippen LogP contribution in [0.1, 0.15) is 27.2 Å². The molecule has 0 bridgehead atoms. The van der Waals surface area contributed by atoms with E-state index >= 15 is 0 Å². The van der Waals surface area contributed by atoms with E-state index in [9.17, 15) is 24.3 Å². The van der Waals surface area contributed by atoms with Crippen LogP contribution in [0.5, 0.6) is 0 Å². The Bertz CT molecular complexity index is 563. The fourth-order valence-electron chi connectivity index (χ4n) is 2.08. The summed E-state index contributed by atoms with van der Waals surface area (Å²) in [6.45, 7) is 4.90. The predicted octanol–water partition coefficient (Wildman–Crippen LogP) is -1.86. The second kappa shape index (κ2) is 12.9. The highest BCUT2D eigenvalue weighted by Crippen LogP contribution is 2.06. The van der Waals surface area contributed by atoms with Gasteiger partial charge in [-0.1, -0.05) is 20.3 Å². The predicted molar refractivity (Wildman–Crippen MR) is 110 cm³/mol. The van der Waals surface area contributed by atoms with E-state index in [2.05, 4.69) is 41.2 Å². The smallest absolute Gasteiger partial charge is 0.328 e. The molecule has 0 aliphatic carbocycles. The molecule has 0 rings (SSSR count). The minimum atomic E-state index is -1.54. The Balaban J connectivity index is 5.02. The van der Waals surface area contributed by atoms with Crippen molar-refractivity contribution in [1.82, 2.24) is 16.0 Å². The lowest BCUT2D eigenvalue weighted by Gasteiger charge is -2.25. The molecule has 6 unspecified atom stereocenters. The van der Waals surface area contributed by atoms with E-state index < -0.39 is 54.0 Å². The van der Waals surface area contributed by atoms with Crippen LogP contribution >= 0.6 is 25.3 Å². The molecule has 7 N–H and O–H groups in total. The van der Waals surface area contributed by atoms with Gasteiger partial charge in [-0.2, -0.15) is 25.3 Å². The van der Waals surface area contributed by atoms with Crippen molar-refractivity contribution in [3.63, 3.8) is 0 Å². The first-order valence-corrected chi connectivity index (χ1v) is 10.1. The molecule has 0 aromatic heterocycles. The fourth-order valence-corrected chi connectivity index (χ4v) is 2.60. The lowest BCUT2D eigenvalue weighted by atomic mass is 9.99. The number of thiol groups is 2. The zero-order valence-corrected chi connectivity index (χ0v) is 17.9. The molecular formula is C16H30N4O6S2. The van der Waals surface area contributed by atoms with Gasteiger partial charge >= 0.3 is 5.97 Å². The number of carbonyl (C=O) groups excluding carboxylic acids is 3. The third-order valence-corrected chi connectivity index (χ3v) is 4.97. The Morgan fingerprint density at radius 3 is 1.71 bits per heavy atom. The lowest BCUT2D eigenvalue weighted by Crippen LogP contribution is -2.59. The number of rotatable bonds is 12. The largest absolute Gasteiger partial charge is 0.480 e. The molecule has 0 saturated carbocycles. The zero-order valence-electron chi connectivity index (χ0n) is 16.1. The first-order valence-electron chi connectivity index (χ1n) is 8.79. The number of carboxylic acids is 1. The molecule has 0 radical (unpaired) electrons. The summed E-state index contributed by atoms with van der Waals surface area (Å²) >= 11 is 8.02. The van der Waals surface area contributed by atoms with Crippen molar-refractivity contribution in [3.8, 4) is 0 Å². The van der Waals surface area contributed by atoms with E-state index in [0.29, 0.717) is 6.42 Å². The Hall–Kier alpha value is -1.50. The van der Waals surface area contributed by atoms with Crippen LogP contribution in [0.2, 0.25) is 0 Å². The number of aliphatic carboxylic acids is 1. The summed E-state index contributed by atoms with van der Waals surface area (Å²) in [4.78, 5) is 47.9. The van der Waals surface area contributed by atoms with Gasteiger partial charge in [0.05, 0.1) is 12.1 Å². The molecule has 162 valence electrons. The van der Waals surface area contributed by atoms with Crippen LogP contribution in [0.3, 0.4) is 0 Å². The SMILES string of the molecule is CCC(C)C(N)C(=O)NC(CS)C(=O)NC(CS)C(=O)NC(C(=O)O)C(C)O. The molecule has 0 aromatic carbocycles. The van der Waals surface area contributed by atoms with Gasteiger partial charge in [0.25, 0.3) is 0 Å². The normalized spacial score (nSPS) is 17.4. The van der Waals surface area contributed by atoms with Crippen LogP contribution in [0.15, 0.2) is 0 Å². The maximum Gasteiger partial charge on any atom is 0.328 e. The molecular weight excluding hydrogens is 408 g/mol. The van der Waals surface area contributed by atoms with Gasteiger partial charge in [0.15, 0.2) is 6.04 Å². The van der Waals surface area contributed by atoms with Crippen molar-refractivity contribution in [2.24, 2.45) is 11.7 Å². The highest BCUT2D eigenvalue weighted by Gasteiger charge is 2.31. The summed E-state index contributed by atoms with van der Waals surface area (Å²) in [7, 11) is 0. The molecule has 3 amide bonds. The second-order valence-electron chi connectivity index (χ2n) is 6.46. The molecule has 12 heteroatoms. The number of aliphatic hydroxyl groups is 1. The third-order valence-electron chi connectivity index (χ3n) is 4.24. The van der Waals surface area contributed by atoms with E-state index in [1.54, 1.807) is 0 Å². The average Bonchev–Trinajstić information content (AvgIpc) is 2.65. The number of aliphatic hydroxyl groups excluding tert-OH is 1. The second-order valence-corrected chi connectivity index (χ2v) is 7.19. The number of nitrogens with one attached hydrogen (secondary N) is 3. The molecule has 0 fully saturated rings. The zero-order chi connectivity index (χ0) is 22.0. The van der Waals surface area contributed by atoms with Gasteiger partial charge in [0, 0.05) is 11.5 Å². The van der Waals surface area contributed by atoms with Crippen LogP contribution in [-0.4, -0.2) is 75.7 Å². The van der Waals surface area contributed by atoms with Crippen LogP contribution in [0.4, 0.5) is 0 Å². The maximum absolute atomic E-state index is 12.4. The summed E-state index contributed by atoms with van der Waals surface area (Å²) in [5.74, 6) is -3.74. The van der Waals surface area contributed by atoms with Gasteiger partial charge < -0.3 is 31.9 Å². The van der Waals surface area contributed by atoms with Crippen LogP contribution in [-0.2, 0) is 19.2 Å². The molecule has 0 spiro atoms. The van der Waals surface area contributed by atoms with Crippen LogP contribution < -0.4 is 21.7 Å². The number of carbonyl (C=O) groups is 4. The number of hydrogen-bond acceptors (Lipinski definition) is 8. The van der Waals surface area contributed by atoms with Crippen molar-refractivity contribution in [3.05, 3.63) is 0 Å². The number of hydrogen-bond donors (Lipinski definition) is 8.